The van der Waals surface area contributed by atoms with Gasteiger partial charge in [-0.15, -0.1) is 0 Å². The molecule has 1 aromatic carbocycles. The summed E-state index contributed by atoms with van der Waals surface area (Å²) in [4.78, 5) is 14.4. The van der Waals surface area contributed by atoms with Gasteiger partial charge in [0.1, 0.15) is 0 Å². The SMILES string of the molecule is Cc1cc(Br)c(NC(=O)CN2CCCC(C)C2)c(Br)c1. The summed E-state index contributed by atoms with van der Waals surface area (Å²) in [5, 5.41) is 2.99. The number of hydrogen-bond acceptors (Lipinski definition) is 2. The number of nitrogens with zero attached hydrogens (tertiary/aromatic N) is 1. The van der Waals surface area contributed by atoms with Gasteiger partial charge in [0.2, 0.25) is 5.91 Å². The molecule has 1 fully saturated rings. The van der Waals surface area contributed by atoms with Crippen LogP contribution in [0.25, 0.3) is 0 Å². The van der Waals surface area contributed by atoms with Gasteiger partial charge in [0, 0.05) is 15.5 Å². The van der Waals surface area contributed by atoms with Gasteiger partial charge >= 0.3 is 0 Å². The van der Waals surface area contributed by atoms with Crippen LogP contribution in [0.1, 0.15) is 25.3 Å². The summed E-state index contributed by atoms with van der Waals surface area (Å²) in [6.45, 7) is 6.78. The van der Waals surface area contributed by atoms with Gasteiger partial charge in [-0.2, -0.15) is 0 Å². The van der Waals surface area contributed by atoms with Gasteiger partial charge in [-0.05, 0) is 81.8 Å². The largest absolute Gasteiger partial charge is 0.323 e. The summed E-state index contributed by atoms with van der Waals surface area (Å²) in [6, 6.07) is 4.01. The van der Waals surface area contributed by atoms with E-state index in [-0.39, 0.29) is 5.91 Å². The van der Waals surface area contributed by atoms with Crippen LogP contribution in [0.5, 0.6) is 0 Å². The molecule has 1 saturated heterocycles. The maximum absolute atomic E-state index is 12.2. The third-order valence-electron chi connectivity index (χ3n) is 3.56. The fraction of sp³-hybridized carbons (Fsp3) is 0.533. The Labute approximate surface area is 137 Å². The minimum Gasteiger partial charge on any atom is -0.323 e. The highest BCUT2D eigenvalue weighted by molar-refractivity contribution is 9.11. The quantitative estimate of drug-likeness (QED) is 0.820. The molecule has 0 saturated carbocycles. The Morgan fingerprint density at radius 2 is 2.05 bits per heavy atom. The summed E-state index contributed by atoms with van der Waals surface area (Å²) in [7, 11) is 0. The summed E-state index contributed by atoms with van der Waals surface area (Å²) >= 11 is 7.01. The maximum Gasteiger partial charge on any atom is 0.238 e. The van der Waals surface area contributed by atoms with Crippen molar-refractivity contribution in [2.24, 2.45) is 5.92 Å². The summed E-state index contributed by atoms with van der Waals surface area (Å²) < 4.78 is 1.81. The van der Waals surface area contributed by atoms with Crippen LogP contribution in [0.3, 0.4) is 0 Å². The average Bonchev–Trinajstić information content (AvgIpc) is 2.33. The van der Waals surface area contributed by atoms with E-state index in [0.717, 1.165) is 33.3 Å². The number of amides is 1. The zero-order chi connectivity index (χ0) is 14.7. The number of carbonyl (C=O) groups excluding carboxylic acids is 1. The minimum absolute atomic E-state index is 0.0457. The number of rotatable bonds is 3. The highest BCUT2D eigenvalue weighted by atomic mass is 79.9. The Morgan fingerprint density at radius 1 is 1.40 bits per heavy atom. The van der Waals surface area contributed by atoms with Crippen molar-refractivity contribution < 1.29 is 4.79 Å². The van der Waals surface area contributed by atoms with E-state index in [1.54, 1.807) is 0 Å². The number of hydrogen-bond donors (Lipinski definition) is 1. The standard InChI is InChI=1S/C15H20Br2N2O/c1-10-4-3-5-19(8-10)9-14(20)18-15-12(16)6-11(2)7-13(15)17/h6-7,10H,3-5,8-9H2,1-2H3,(H,18,20). The van der Waals surface area contributed by atoms with E-state index in [0.29, 0.717) is 12.5 Å². The van der Waals surface area contributed by atoms with Crippen LogP contribution in [0.15, 0.2) is 21.1 Å². The molecule has 20 heavy (non-hydrogen) atoms. The molecule has 1 unspecified atom stereocenters. The van der Waals surface area contributed by atoms with E-state index in [1.165, 1.54) is 12.8 Å². The molecule has 1 aliphatic rings. The maximum atomic E-state index is 12.2. The van der Waals surface area contributed by atoms with Gasteiger partial charge in [-0.3, -0.25) is 9.69 Å². The van der Waals surface area contributed by atoms with Crippen molar-refractivity contribution in [1.29, 1.82) is 0 Å². The highest BCUT2D eigenvalue weighted by Crippen LogP contribution is 2.32. The number of piperidine rings is 1. The molecule has 0 aliphatic carbocycles. The molecule has 1 aliphatic heterocycles. The number of nitrogens with one attached hydrogen (secondary N) is 1. The van der Waals surface area contributed by atoms with Crippen LogP contribution in [0.2, 0.25) is 0 Å². The van der Waals surface area contributed by atoms with E-state index >= 15 is 0 Å². The van der Waals surface area contributed by atoms with Crippen molar-refractivity contribution in [3.63, 3.8) is 0 Å². The lowest BCUT2D eigenvalue weighted by Crippen LogP contribution is -2.39. The zero-order valence-corrected chi connectivity index (χ0v) is 15.1. The smallest absolute Gasteiger partial charge is 0.238 e. The zero-order valence-electron chi connectivity index (χ0n) is 11.9. The normalized spacial score (nSPS) is 19.9. The molecule has 0 spiro atoms. The lowest BCUT2D eigenvalue weighted by Gasteiger charge is -2.30. The lowest BCUT2D eigenvalue weighted by molar-refractivity contribution is -0.117. The molecule has 3 nitrogen and oxygen atoms in total. The van der Waals surface area contributed by atoms with Crippen LogP contribution >= 0.6 is 31.9 Å². The first-order valence-corrected chi connectivity index (χ1v) is 8.52. The van der Waals surface area contributed by atoms with Gasteiger partial charge in [-0.25, -0.2) is 0 Å². The van der Waals surface area contributed by atoms with Crippen LogP contribution in [-0.4, -0.2) is 30.4 Å². The third kappa shape index (κ3) is 4.30. The average molecular weight is 404 g/mol. The Hall–Kier alpha value is -0.390. The number of likely N-dealkylation sites (tertiary alicyclic amines) is 1. The van der Waals surface area contributed by atoms with E-state index in [9.17, 15) is 4.79 Å². The van der Waals surface area contributed by atoms with Crippen molar-refractivity contribution in [3.05, 3.63) is 26.6 Å². The Kier molecular flexibility index (Phi) is 5.64. The molecule has 0 radical (unpaired) electrons. The number of aryl methyl sites for hydroxylation is 1. The van der Waals surface area contributed by atoms with Gasteiger partial charge in [-0.1, -0.05) is 6.92 Å². The molecule has 110 valence electrons. The molecule has 1 atom stereocenters. The second-order valence-corrected chi connectivity index (χ2v) is 7.34. The highest BCUT2D eigenvalue weighted by Gasteiger charge is 2.19. The first kappa shape index (κ1) is 16.0. The summed E-state index contributed by atoms with van der Waals surface area (Å²) in [5.41, 5.74) is 1.96. The molecule has 5 heteroatoms. The van der Waals surface area contributed by atoms with Crippen molar-refractivity contribution >= 4 is 43.5 Å². The molecule has 1 aromatic rings. The van der Waals surface area contributed by atoms with E-state index in [2.05, 4.69) is 49.0 Å². The fourth-order valence-electron chi connectivity index (χ4n) is 2.63. The van der Waals surface area contributed by atoms with E-state index < -0.39 is 0 Å². The predicted molar refractivity (Wildman–Crippen MR) is 90.0 cm³/mol. The Balaban J connectivity index is 1.98. The minimum atomic E-state index is 0.0457. The summed E-state index contributed by atoms with van der Waals surface area (Å²) in [5.74, 6) is 0.735. The summed E-state index contributed by atoms with van der Waals surface area (Å²) in [6.07, 6.45) is 2.46. The molecule has 2 rings (SSSR count). The first-order chi connectivity index (χ1) is 9.45. The van der Waals surface area contributed by atoms with Crippen LogP contribution in [0.4, 0.5) is 5.69 Å². The number of halogens is 2. The molecular formula is C15H20Br2N2O. The monoisotopic (exact) mass is 402 g/mol. The molecular weight excluding hydrogens is 384 g/mol. The number of carbonyl (C=O) groups is 1. The molecule has 0 bridgehead atoms. The Bertz CT molecular complexity index is 482. The van der Waals surface area contributed by atoms with Crippen molar-refractivity contribution in [3.8, 4) is 0 Å². The van der Waals surface area contributed by atoms with Crippen LogP contribution < -0.4 is 5.32 Å². The van der Waals surface area contributed by atoms with Gasteiger partial charge in [0.05, 0.1) is 12.2 Å². The van der Waals surface area contributed by atoms with Gasteiger partial charge < -0.3 is 5.32 Å². The van der Waals surface area contributed by atoms with E-state index in [1.807, 2.05) is 19.1 Å². The number of anilines is 1. The molecule has 0 aromatic heterocycles. The van der Waals surface area contributed by atoms with E-state index in [4.69, 9.17) is 0 Å². The van der Waals surface area contributed by atoms with Gasteiger partial charge in [0.15, 0.2) is 0 Å². The van der Waals surface area contributed by atoms with Crippen LogP contribution in [-0.2, 0) is 4.79 Å². The van der Waals surface area contributed by atoms with Crippen molar-refractivity contribution in [2.75, 3.05) is 25.0 Å². The second kappa shape index (κ2) is 7.05. The Morgan fingerprint density at radius 3 is 2.65 bits per heavy atom. The molecule has 1 N–H and O–H groups in total. The van der Waals surface area contributed by atoms with Crippen molar-refractivity contribution in [2.45, 2.75) is 26.7 Å². The third-order valence-corrected chi connectivity index (χ3v) is 4.81. The lowest BCUT2D eigenvalue weighted by atomic mass is 10.0. The second-order valence-electron chi connectivity index (χ2n) is 5.63. The number of benzene rings is 1. The first-order valence-electron chi connectivity index (χ1n) is 6.93. The topological polar surface area (TPSA) is 32.3 Å². The van der Waals surface area contributed by atoms with Gasteiger partial charge in [0.25, 0.3) is 0 Å². The van der Waals surface area contributed by atoms with Crippen LogP contribution in [0, 0.1) is 12.8 Å². The molecule has 1 amide bonds. The van der Waals surface area contributed by atoms with Crippen molar-refractivity contribution in [1.82, 2.24) is 4.90 Å². The fourth-order valence-corrected chi connectivity index (χ4v) is 4.25. The molecule has 1 heterocycles. The predicted octanol–water partition coefficient (Wildman–Crippen LogP) is 4.19.